The minimum atomic E-state index is -0.112. The number of thiophene rings is 1. The number of nitrogens with zero attached hydrogens (tertiary/aromatic N) is 2. The molecule has 1 aliphatic heterocycles. The van der Waals surface area contributed by atoms with Crippen molar-refractivity contribution in [3.05, 3.63) is 33.0 Å². The van der Waals surface area contributed by atoms with Gasteiger partial charge in [-0.3, -0.25) is 14.9 Å². The van der Waals surface area contributed by atoms with Gasteiger partial charge in [0.25, 0.3) is 5.91 Å². The standard InChI is InChI=1S/C22H25N3O2S2/c26-19(16-2-4-28-12-16)24-21-23-17-1-3-25(11-18(17)29-21)20(27)22-8-13-5-14(9-22)7-15(6-13)10-22/h2,4,12-15H,1,3,5-11H2,(H,23,24,26). The van der Waals surface area contributed by atoms with Crippen LogP contribution in [0.3, 0.4) is 0 Å². The van der Waals surface area contributed by atoms with Gasteiger partial charge in [-0.2, -0.15) is 11.3 Å². The molecule has 7 rings (SSSR count). The number of carbonyl (C=O) groups excluding carboxylic acids is 2. The summed E-state index contributed by atoms with van der Waals surface area (Å²) in [6.45, 7) is 1.41. The topological polar surface area (TPSA) is 62.3 Å². The molecular weight excluding hydrogens is 402 g/mol. The van der Waals surface area contributed by atoms with Gasteiger partial charge in [-0.25, -0.2) is 4.98 Å². The highest BCUT2D eigenvalue weighted by atomic mass is 32.1. The number of nitrogens with one attached hydrogen (secondary N) is 1. The fourth-order valence-electron chi connectivity index (χ4n) is 6.69. The quantitative estimate of drug-likeness (QED) is 0.781. The zero-order valence-corrected chi connectivity index (χ0v) is 18.0. The van der Waals surface area contributed by atoms with E-state index in [1.807, 2.05) is 16.8 Å². The molecule has 2 aromatic heterocycles. The molecular formula is C22H25N3O2S2. The molecule has 0 radical (unpaired) electrons. The predicted molar refractivity (Wildman–Crippen MR) is 114 cm³/mol. The van der Waals surface area contributed by atoms with Crippen LogP contribution in [-0.4, -0.2) is 28.2 Å². The van der Waals surface area contributed by atoms with Gasteiger partial charge in [0.05, 0.1) is 23.2 Å². The Bertz CT molecular complexity index is 930. The summed E-state index contributed by atoms with van der Waals surface area (Å²) in [5.41, 5.74) is 1.64. The molecule has 4 fully saturated rings. The van der Waals surface area contributed by atoms with Crippen molar-refractivity contribution in [2.45, 2.75) is 51.5 Å². The van der Waals surface area contributed by atoms with Crippen LogP contribution in [0.2, 0.25) is 0 Å². The van der Waals surface area contributed by atoms with E-state index in [1.165, 1.54) is 41.9 Å². The molecule has 0 aromatic carbocycles. The van der Waals surface area contributed by atoms with Gasteiger partial charge in [0.15, 0.2) is 5.13 Å². The third kappa shape index (κ3) is 3.05. The number of fused-ring (bicyclic) bond motifs is 1. The fraction of sp³-hybridized carbons (Fsp3) is 0.591. The monoisotopic (exact) mass is 427 g/mol. The molecule has 1 N–H and O–H groups in total. The van der Waals surface area contributed by atoms with Crippen LogP contribution in [0.15, 0.2) is 16.8 Å². The van der Waals surface area contributed by atoms with E-state index in [9.17, 15) is 9.59 Å². The Balaban J connectivity index is 1.18. The van der Waals surface area contributed by atoms with Crippen LogP contribution < -0.4 is 5.32 Å². The molecule has 5 nitrogen and oxygen atoms in total. The second-order valence-corrected chi connectivity index (χ2v) is 11.4. The van der Waals surface area contributed by atoms with Crippen LogP contribution >= 0.6 is 22.7 Å². The van der Waals surface area contributed by atoms with Crippen LogP contribution in [-0.2, 0) is 17.8 Å². The van der Waals surface area contributed by atoms with Crippen molar-refractivity contribution in [1.82, 2.24) is 9.88 Å². The number of anilines is 1. The van der Waals surface area contributed by atoms with Gasteiger partial charge < -0.3 is 4.90 Å². The van der Waals surface area contributed by atoms with Gasteiger partial charge in [-0.1, -0.05) is 11.3 Å². The summed E-state index contributed by atoms with van der Waals surface area (Å²) < 4.78 is 0. The molecule has 0 spiro atoms. The van der Waals surface area contributed by atoms with E-state index in [0.29, 0.717) is 23.1 Å². The average Bonchev–Trinajstić information content (AvgIpc) is 3.35. The Labute approximate surface area is 178 Å². The lowest BCUT2D eigenvalue weighted by Gasteiger charge is -2.56. The normalized spacial score (nSPS) is 32.3. The third-order valence-corrected chi connectivity index (χ3v) is 9.20. The van der Waals surface area contributed by atoms with Gasteiger partial charge >= 0.3 is 0 Å². The van der Waals surface area contributed by atoms with E-state index in [-0.39, 0.29) is 11.3 Å². The van der Waals surface area contributed by atoms with Crippen molar-refractivity contribution in [3.63, 3.8) is 0 Å². The number of carbonyl (C=O) groups is 2. The Morgan fingerprint density at radius 3 is 2.52 bits per heavy atom. The van der Waals surface area contributed by atoms with Crippen molar-refractivity contribution >= 4 is 39.6 Å². The fourth-order valence-corrected chi connectivity index (χ4v) is 8.35. The SMILES string of the molecule is O=C(Nc1nc2c(s1)CN(C(=O)C13CC4CC(CC(C4)C1)C3)CC2)c1ccsc1. The van der Waals surface area contributed by atoms with Gasteiger partial charge in [-0.05, 0) is 67.7 Å². The Morgan fingerprint density at radius 1 is 1.14 bits per heavy atom. The van der Waals surface area contributed by atoms with Crippen molar-refractivity contribution in [1.29, 1.82) is 0 Å². The maximum absolute atomic E-state index is 13.6. The van der Waals surface area contributed by atoms with Crippen LogP contribution in [0.5, 0.6) is 0 Å². The molecule has 5 aliphatic rings. The average molecular weight is 428 g/mol. The first kappa shape index (κ1) is 18.1. The number of hydrogen-bond acceptors (Lipinski definition) is 5. The maximum atomic E-state index is 13.6. The molecule has 4 saturated carbocycles. The highest BCUT2D eigenvalue weighted by molar-refractivity contribution is 7.16. The molecule has 2 amide bonds. The van der Waals surface area contributed by atoms with Crippen LogP contribution in [0, 0.1) is 23.2 Å². The summed E-state index contributed by atoms with van der Waals surface area (Å²) in [4.78, 5) is 33.8. The van der Waals surface area contributed by atoms with Crippen molar-refractivity contribution in [2.24, 2.45) is 23.2 Å². The van der Waals surface area contributed by atoms with E-state index >= 15 is 0 Å². The maximum Gasteiger partial charge on any atom is 0.258 e. The number of amides is 2. The first-order chi connectivity index (χ1) is 14.1. The van der Waals surface area contributed by atoms with Crippen LogP contribution in [0.25, 0.3) is 0 Å². The highest BCUT2D eigenvalue weighted by Gasteiger charge is 2.55. The van der Waals surface area contributed by atoms with Gasteiger partial charge in [0.2, 0.25) is 5.91 Å². The number of hydrogen-bond donors (Lipinski definition) is 1. The summed E-state index contributed by atoms with van der Waals surface area (Å²) in [7, 11) is 0. The highest BCUT2D eigenvalue weighted by Crippen LogP contribution is 2.60. The van der Waals surface area contributed by atoms with Gasteiger partial charge in [-0.15, -0.1) is 0 Å². The summed E-state index contributed by atoms with van der Waals surface area (Å²) in [6, 6.07) is 1.82. The lowest BCUT2D eigenvalue weighted by molar-refractivity contribution is -0.158. The van der Waals surface area contributed by atoms with Gasteiger partial charge in [0.1, 0.15) is 0 Å². The summed E-state index contributed by atoms with van der Waals surface area (Å²) in [6.07, 6.45) is 8.22. The van der Waals surface area contributed by atoms with E-state index in [0.717, 1.165) is 60.6 Å². The summed E-state index contributed by atoms with van der Waals surface area (Å²) in [5.74, 6) is 2.65. The zero-order valence-electron chi connectivity index (χ0n) is 16.4. The smallest absolute Gasteiger partial charge is 0.258 e. The van der Waals surface area contributed by atoms with Crippen molar-refractivity contribution < 1.29 is 9.59 Å². The van der Waals surface area contributed by atoms with Crippen molar-refractivity contribution in [2.75, 3.05) is 11.9 Å². The zero-order chi connectivity index (χ0) is 19.6. The van der Waals surface area contributed by atoms with E-state index in [4.69, 9.17) is 0 Å². The number of rotatable bonds is 3. The van der Waals surface area contributed by atoms with Crippen LogP contribution in [0.1, 0.15) is 59.5 Å². The molecule has 29 heavy (non-hydrogen) atoms. The Kier molecular flexibility index (Phi) is 4.14. The lowest BCUT2D eigenvalue weighted by atomic mass is 9.49. The summed E-state index contributed by atoms with van der Waals surface area (Å²) >= 11 is 3.04. The predicted octanol–water partition coefficient (Wildman–Crippen LogP) is 4.56. The largest absolute Gasteiger partial charge is 0.337 e. The van der Waals surface area contributed by atoms with Crippen molar-refractivity contribution in [3.8, 4) is 0 Å². The number of thiazole rings is 1. The minimum absolute atomic E-state index is 0.0765. The lowest BCUT2D eigenvalue weighted by Crippen LogP contribution is -2.55. The van der Waals surface area contributed by atoms with Crippen LogP contribution in [0.4, 0.5) is 5.13 Å². The molecule has 4 bridgehead atoms. The molecule has 0 unspecified atom stereocenters. The minimum Gasteiger partial charge on any atom is -0.337 e. The second-order valence-electron chi connectivity index (χ2n) is 9.53. The first-order valence-corrected chi connectivity index (χ1v) is 12.5. The van der Waals surface area contributed by atoms with E-state index < -0.39 is 0 Å². The number of aromatic nitrogens is 1. The molecule has 2 aromatic rings. The molecule has 4 aliphatic carbocycles. The molecule has 152 valence electrons. The Morgan fingerprint density at radius 2 is 1.86 bits per heavy atom. The molecule has 0 atom stereocenters. The van der Waals surface area contributed by atoms with E-state index in [1.54, 1.807) is 0 Å². The molecule has 7 heteroatoms. The molecule has 0 saturated heterocycles. The second kappa shape index (κ2) is 6.64. The van der Waals surface area contributed by atoms with Gasteiger partial charge in [0, 0.05) is 23.2 Å². The third-order valence-electron chi connectivity index (χ3n) is 7.51. The Hall–Kier alpha value is -1.73. The van der Waals surface area contributed by atoms with E-state index in [2.05, 4.69) is 15.2 Å². The first-order valence-electron chi connectivity index (χ1n) is 10.7. The molecule has 3 heterocycles. The summed E-state index contributed by atoms with van der Waals surface area (Å²) in [5, 5.41) is 7.31.